The molecule has 0 bridgehead atoms. The molecule has 0 N–H and O–H groups in total. The standard InChI is InChI=1S/C15H12ClN3O2/c1-21-15(20)11-6-7-19-14(9-11)17-13(18-19)8-10-4-2-3-5-12(10)16/h2-7,9H,8H2,1H3. The summed E-state index contributed by atoms with van der Waals surface area (Å²) in [7, 11) is 1.35. The molecule has 6 heteroatoms. The lowest BCUT2D eigenvalue weighted by Gasteiger charge is -1.99. The van der Waals surface area contributed by atoms with E-state index in [1.165, 1.54) is 7.11 Å². The Hall–Kier alpha value is -2.40. The summed E-state index contributed by atoms with van der Waals surface area (Å²) in [4.78, 5) is 15.9. The number of esters is 1. The molecule has 1 aromatic carbocycles. The molecule has 0 amide bonds. The normalized spacial score (nSPS) is 10.8. The van der Waals surface area contributed by atoms with Crippen LogP contribution in [0.25, 0.3) is 5.65 Å². The summed E-state index contributed by atoms with van der Waals surface area (Å²) in [6.45, 7) is 0. The first-order valence-corrected chi connectivity index (χ1v) is 6.72. The minimum atomic E-state index is -0.395. The minimum absolute atomic E-state index is 0.395. The number of methoxy groups -OCH3 is 1. The van der Waals surface area contributed by atoms with Gasteiger partial charge in [0.25, 0.3) is 0 Å². The number of nitrogens with zero attached hydrogens (tertiary/aromatic N) is 3. The first-order valence-electron chi connectivity index (χ1n) is 6.34. The van der Waals surface area contributed by atoms with Crippen LogP contribution in [0, 0.1) is 0 Å². The van der Waals surface area contributed by atoms with Gasteiger partial charge in [-0.25, -0.2) is 14.3 Å². The Kier molecular flexibility index (Phi) is 3.58. The number of fused-ring (bicyclic) bond motifs is 1. The molecule has 21 heavy (non-hydrogen) atoms. The number of hydrogen-bond acceptors (Lipinski definition) is 4. The van der Waals surface area contributed by atoms with Gasteiger partial charge in [-0.3, -0.25) is 0 Å². The predicted octanol–water partition coefficient (Wildman–Crippen LogP) is 2.76. The maximum atomic E-state index is 11.5. The Morgan fingerprint density at radius 1 is 1.33 bits per heavy atom. The molecule has 0 aliphatic carbocycles. The van der Waals surface area contributed by atoms with E-state index in [0.29, 0.717) is 28.5 Å². The van der Waals surface area contributed by atoms with Crippen molar-refractivity contribution in [1.29, 1.82) is 0 Å². The van der Waals surface area contributed by atoms with Crippen LogP contribution in [0.3, 0.4) is 0 Å². The minimum Gasteiger partial charge on any atom is -0.465 e. The largest absolute Gasteiger partial charge is 0.465 e. The second-order valence-corrected chi connectivity index (χ2v) is 4.91. The van der Waals surface area contributed by atoms with E-state index in [4.69, 9.17) is 11.6 Å². The van der Waals surface area contributed by atoms with Gasteiger partial charge < -0.3 is 4.74 Å². The van der Waals surface area contributed by atoms with Gasteiger partial charge in [-0.05, 0) is 23.8 Å². The van der Waals surface area contributed by atoms with Gasteiger partial charge in [0.15, 0.2) is 11.5 Å². The van der Waals surface area contributed by atoms with Gasteiger partial charge in [0.05, 0.1) is 12.7 Å². The highest BCUT2D eigenvalue weighted by atomic mass is 35.5. The van der Waals surface area contributed by atoms with Crippen molar-refractivity contribution in [2.75, 3.05) is 7.11 Å². The summed E-state index contributed by atoms with van der Waals surface area (Å²) in [5.41, 5.74) is 2.00. The molecule has 0 radical (unpaired) electrons. The van der Waals surface area contributed by atoms with Crippen molar-refractivity contribution in [2.45, 2.75) is 6.42 Å². The van der Waals surface area contributed by atoms with E-state index < -0.39 is 5.97 Å². The average Bonchev–Trinajstić information content (AvgIpc) is 2.90. The molecular formula is C15H12ClN3O2. The molecule has 0 unspecified atom stereocenters. The molecule has 3 rings (SSSR count). The maximum Gasteiger partial charge on any atom is 0.338 e. The Morgan fingerprint density at radius 2 is 2.14 bits per heavy atom. The van der Waals surface area contributed by atoms with E-state index in [-0.39, 0.29) is 0 Å². The van der Waals surface area contributed by atoms with Gasteiger partial charge in [0, 0.05) is 17.6 Å². The molecule has 0 saturated carbocycles. The number of aromatic nitrogens is 3. The number of carbonyl (C=O) groups excluding carboxylic acids is 1. The number of benzene rings is 1. The Labute approximate surface area is 126 Å². The topological polar surface area (TPSA) is 56.5 Å². The zero-order chi connectivity index (χ0) is 14.8. The lowest BCUT2D eigenvalue weighted by atomic mass is 10.1. The summed E-state index contributed by atoms with van der Waals surface area (Å²) in [6, 6.07) is 10.9. The lowest BCUT2D eigenvalue weighted by Crippen LogP contribution is -2.02. The van der Waals surface area contributed by atoms with Crippen LogP contribution in [-0.2, 0) is 11.2 Å². The maximum absolute atomic E-state index is 11.5. The Balaban J connectivity index is 1.94. The molecular weight excluding hydrogens is 290 g/mol. The quantitative estimate of drug-likeness (QED) is 0.698. The fourth-order valence-corrected chi connectivity index (χ4v) is 2.26. The third-order valence-corrected chi connectivity index (χ3v) is 3.48. The second-order valence-electron chi connectivity index (χ2n) is 4.51. The summed E-state index contributed by atoms with van der Waals surface area (Å²) in [5, 5.41) is 5.06. The zero-order valence-electron chi connectivity index (χ0n) is 11.3. The fourth-order valence-electron chi connectivity index (χ4n) is 2.06. The van der Waals surface area contributed by atoms with Gasteiger partial charge in [-0.15, -0.1) is 0 Å². The van der Waals surface area contributed by atoms with Gasteiger partial charge in [0.1, 0.15) is 0 Å². The summed E-state index contributed by atoms with van der Waals surface area (Å²) in [6.07, 6.45) is 2.22. The van der Waals surface area contributed by atoms with Crippen LogP contribution in [0.1, 0.15) is 21.7 Å². The number of ether oxygens (including phenoxy) is 1. The first-order chi connectivity index (χ1) is 10.2. The van der Waals surface area contributed by atoms with E-state index in [1.54, 1.807) is 22.8 Å². The van der Waals surface area contributed by atoms with E-state index in [9.17, 15) is 4.79 Å². The molecule has 3 aromatic rings. The van der Waals surface area contributed by atoms with Crippen LogP contribution in [-0.4, -0.2) is 27.7 Å². The second kappa shape index (κ2) is 5.54. The van der Waals surface area contributed by atoms with Crippen molar-refractivity contribution in [3.05, 3.63) is 64.6 Å². The van der Waals surface area contributed by atoms with Crippen molar-refractivity contribution in [3.63, 3.8) is 0 Å². The summed E-state index contributed by atoms with van der Waals surface area (Å²) in [5.74, 6) is 0.248. The van der Waals surface area contributed by atoms with Gasteiger partial charge in [0.2, 0.25) is 0 Å². The zero-order valence-corrected chi connectivity index (χ0v) is 12.0. The number of rotatable bonds is 3. The lowest BCUT2D eigenvalue weighted by molar-refractivity contribution is 0.0600. The highest BCUT2D eigenvalue weighted by Gasteiger charge is 2.10. The number of pyridine rings is 1. The van der Waals surface area contributed by atoms with Crippen molar-refractivity contribution in [2.24, 2.45) is 0 Å². The molecule has 0 fully saturated rings. The fraction of sp³-hybridized carbons (Fsp3) is 0.133. The van der Waals surface area contributed by atoms with Gasteiger partial charge >= 0.3 is 5.97 Å². The molecule has 0 aliphatic rings. The van der Waals surface area contributed by atoms with Crippen LogP contribution in [0.2, 0.25) is 5.02 Å². The van der Waals surface area contributed by atoms with Gasteiger partial charge in [-0.1, -0.05) is 29.8 Å². The highest BCUT2D eigenvalue weighted by molar-refractivity contribution is 6.31. The molecule has 106 valence electrons. The molecule has 0 aliphatic heterocycles. The SMILES string of the molecule is COC(=O)c1ccn2nc(Cc3ccccc3Cl)nc2c1. The van der Waals surface area contributed by atoms with Crippen LogP contribution in [0.4, 0.5) is 0 Å². The van der Waals surface area contributed by atoms with Crippen molar-refractivity contribution >= 4 is 23.2 Å². The summed E-state index contributed by atoms with van der Waals surface area (Å²) >= 11 is 6.13. The number of halogens is 1. The smallest absolute Gasteiger partial charge is 0.338 e. The van der Waals surface area contributed by atoms with Crippen molar-refractivity contribution in [1.82, 2.24) is 14.6 Å². The average molecular weight is 302 g/mol. The van der Waals surface area contributed by atoms with Crippen LogP contribution in [0.15, 0.2) is 42.6 Å². The third-order valence-electron chi connectivity index (χ3n) is 3.11. The Bertz CT molecular complexity index is 814. The van der Waals surface area contributed by atoms with E-state index in [0.717, 1.165) is 5.56 Å². The first kappa shape index (κ1) is 13.6. The monoisotopic (exact) mass is 301 g/mol. The molecule has 0 spiro atoms. The molecule has 0 atom stereocenters. The third kappa shape index (κ3) is 2.73. The predicted molar refractivity (Wildman–Crippen MR) is 78.6 cm³/mol. The van der Waals surface area contributed by atoms with E-state index in [2.05, 4.69) is 14.8 Å². The summed E-state index contributed by atoms with van der Waals surface area (Å²) < 4.78 is 6.31. The van der Waals surface area contributed by atoms with Crippen molar-refractivity contribution < 1.29 is 9.53 Å². The Morgan fingerprint density at radius 3 is 2.90 bits per heavy atom. The molecule has 5 nitrogen and oxygen atoms in total. The number of carbonyl (C=O) groups is 1. The van der Waals surface area contributed by atoms with E-state index >= 15 is 0 Å². The highest BCUT2D eigenvalue weighted by Crippen LogP contribution is 2.18. The molecule has 0 saturated heterocycles. The van der Waals surface area contributed by atoms with E-state index in [1.807, 2.05) is 24.3 Å². The van der Waals surface area contributed by atoms with Crippen LogP contribution >= 0.6 is 11.6 Å². The van der Waals surface area contributed by atoms with Crippen LogP contribution < -0.4 is 0 Å². The molecule has 2 heterocycles. The van der Waals surface area contributed by atoms with Crippen molar-refractivity contribution in [3.8, 4) is 0 Å². The van der Waals surface area contributed by atoms with Gasteiger partial charge in [-0.2, -0.15) is 5.10 Å². The number of hydrogen-bond donors (Lipinski definition) is 0. The van der Waals surface area contributed by atoms with Crippen LogP contribution in [0.5, 0.6) is 0 Å². The molecule has 2 aromatic heterocycles.